The largest absolute Gasteiger partial charge is 0.387 e. The number of aliphatic hydroxyl groups is 1. The summed E-state index contributed by atoms with van der Waals surface area (Å²) in [5, 5.41) is 10.3. The van der Waals surface area contributed by atoms with Crippen molar-refractivity contribution in [3.63, 3.8) is 0 Å². The molecule has 0 saturated carbocycles. The van der Waals surface area contributed by atoms with Crippen LogP contribution in [0.4, 0.5) is 0 Å². The van der Waals surface area contributed by atoms with Crippen LogP contribution in [-0.2, 0) is 6.42 Å². The summed E-state index contributed by atoms with van der Waals surface area (Å²) in [6, 6.07) is 8.48. The maximum atomic E-state index is 10.3. The molecule has 88 valence electrons. The smallest absolute Gasteiger partial charge is 0.0950 e. The summed E-state index contributed by atoms with van der Waals surface area (Å²) in [6.45, 7) is 5.46. The number of likely N-dealkylation sites (N-methyl/N-ethyl adjacent to an activating group) is 1. The highest BCUT2D eigenvalue weighted by Gasteiger charge is 2.33. The minimum absolute atomic E-state index is 0.250. The molecule has 0 aromatic heterocycles. The van der Waals surface area contributed by atoms with Crippen molar-refractivity contribution in [2.75, 3.05) is 13.6 Å². The van der Waals surface area contributed by atoms with Crippen LogP contribution >= 0.6 is 0 Å². The van der Waals surface area contributed by atoms with Crippen LogP contribution in [-0.4, -0.2) is 29.6 Å². The summed E-state index contributed by atoms with van der Waals surface area (Å²) >= 11 is 0. The van der Waals surface area contributed by atoms with Gasteiger partial charge in [0.2, 0.25) is 0 Å². The molecule has 2 rings (SSSR count). The van der Waals surface area contributed by atoms with Crippen LogP contribution in [0.3, 0.4) is 0 Å². The lowest BCUT2D eigenvalue weighted by atomic mass is 10.1. The fraction of sp³-hybridized carbons (Fsp3) is 0.571. The summed E-state index contributed by atoms with van der Waals surface area (Å²) in [5.74, 6) is 0.640. The second kappa shape index (κ2) is 4.56. The van der Waals surface area contributed by atoms with Gasteiger partial charge in [-0.1, -0.05) is 38.1 Å². The molecular weight excluding hydrogens is 198 g/mol. The molecule has 0 aliphatic heterocycles. The zero-order valence-corrected chi connectivity index (χ0v) is 10.4. The molecule has 0 fully saturated rings. The predicted octanol–water partition coefficient (Wildman–Crippen LogP) is 2.23. The Bertz CT molecular complexity index is 362. The van der Waals surface area contributed by atoms with Crippen LogP contribution in [0, 0.1) is 5.92 Å². The first kappa shape index (κ1) is 11.6. The monoisotopic (exact) mass is 219 g/mol. The molecule has 16 heavy (non-hydrogen) atoms. The van der Waals surface area contributed by atoms with E-state index in [-0.39, 0.29) is 12.1 Å². The molecular formula is C14H21NO. The van der Waals surface area contributed by atoms with Gasteiger partial charge in [0, 0.05) is 12.6 Å². The Labute approximate surface area is 97.9 Å². The third kappa shape index (κ3) is 2.13. The molecule has 1 aliphatic rings. The van der Waals surface area contributed by atoms with Gasteiger partial charge in [-0.15, -0.1) is 0 Å². The van der Waals surface area contributed by atoms with E-state index in [0.29, 0.717) is 5.92 Å². The Morgan fingerprint density at radius 1 is 1.38 bits per heavy atom. The predicted molar refractivity (Wildman–Crippen MR) is 66.4 cm³/mol. The Morgan fingerprint density at radius 2 is 2.06 bits per heavy atom. The molecule has 0 bridgehead atoms. The van der Waals surface area contributed by atoms with E-state index in [0.717, 1.165) is 18.5 Å². The van der Waals surface area contributed by atoms with Crippen molar-refractivity contribution < 1.29 is 5.11 Å². The summed E-state index contributed by atoms with van der Waals surface area (Å²) in [5.41, 5.74) is 2.42. The molecule has 0 amide bonds. The molecule has 2 unspecified atom stereocenters. The number of hydrogen-bond acceptors (Lipinski definition) is 2. The van der Waals surface area contributed by atoms with Crippen molar-refractivity contribution in [1.29, 1.82) is 0 Å². The Hall–Kier alpha value is -0.860. The normalized spacial score (nSPS) is 24.1. The van der Waals surface area contributed by atoms with Crippen molar-refractivity contribution in [1.82, 2.24) is 4.90 Å². The molecule has 2 nitrogen and oxygen atoms in total. The minimum Gasteiger partial charge on any atom is -0.387 e. The molecule has 0 spiro atoms. The molecule has 1 aromatic rings. The lowest BCUT2D eigenvalue weighted by Gasteiger charge is -2.28. The van der Waals surface area contributed by atoms with Crippen LogP contribution < -0.4 is 0 Å². The molecule has 0 heterocycles. The molecule has 2 heteroatoms. The Morgan fingerprint density at radius 3 is 2.69 bits per heavy atom. The van der Waals surface area contributed by atoms with Crippen molar-refractivity contribution in [2.45, 2.75) is 32.4 Å². The maximum Gasteiger partial charge on any atom is 0.0950 e. The molecule has 2 atom stereocenters. The van der Waals surface area contributed by atoms with E-state index in [4.69, 9.17) is 0 Å². The van der Waals surface area contributed by atoms with Crippen molar-refractivity contribution >= 4 is 0 Å². The van der Waals surface area contributed by atoms with Gasteiger partial charge in [-0.25, -0.2) is 0 Å². The molecule has 1 N–H and O–H groups in total. The lowest BCUT2D eigenvalue weighted by Crippen LogP contribution is -2.37. The second-order valence-corrected chi connectivity index (χ2v) is 5.25. The first-order valence-corrected chi connectivity index (χ1v) is 6.05. The van der Waals surface area contributed by atoms with E-state index in [1.165, 1.54) is 5.56 Å². The van der Waals surface area contributed by atoms with E-state index in [1.807, 2.05) is 12.1 Å². The first-order chi connectivity index (χ1) is 7.59. The molecule has 0 radical (unpaired) electrons. The van der Waals surface area contributed by atoms with E-state index in [1.54, 1.807) is 0 Å². The standard InChI is InChI=1S/C14H21NO/c1-10(2)9-15(3)13-8-11-6-4-5-7-12(11)14(13)16/h4-7,10,13-14,16H,8-9H2,1-3H3. The second-order valence-electron chi connectivity index (χ2n) is 5.25. The highest BCUT2D eigenvalue weighted by Crippen LogP contribution is 2.33. The summed E-state index contributed by atoms with van der Waals surface area (Å²) < 4.78 is 0. The highest BCUT2D eigenvalue weighted by atomic mass is 16.3. The lowest BCUT2D eigenvalue weighted by molar-refractivity contribution is 0.0700. The van der Waals surface area contributed by atoms with Crippen LogP contribution in [0.25, 0.3) is 0 Å². The van der Waals surface area contributed by atoms with Gasteiger partial charge < -0.3 is 5.11 Å². The van der Waals surface area contributed by atoms with Gasteiger partial charge in [-0.2, -0.15) is 0 Å². The quantitative estimate of drug-likeness (QED) is 0.842. The number of rotatable bonds is 3. The third-order valence-electron chi connectivity index (χ3n) is 3.39. The van der Waals surface area contributed by atoms with Crippen molar-refractivity contribution in [2.24, 2.45) is 5.92 Å². The topological polar surface area (TPSA) is 23.5 Å². The van der Waals surface area contributed by atoms with E-state index in [9.17, 15) is 5.11 Å². The average Bonchev–Trinajstić information content (AvgIpc) is 2.56. The van der Waals surface area contributed by atoms with Gasteiger partial charge in [0.15, 0.2) is 0 Å². The van der Waals surface area contributed by atoms with Crippen molar-refractivity contribution in [3.05, 3.63) is 35.4 Å². The average molecular weight is 219 g/mol. The fourth-order valence-corrected chi connectivity index (χ4v) is 2.66. The molecule has 0 saturated heterocycles. The van der Waals surface area contributed by atoms with Gasteiger partial charge in [0.25, 0.3) is 0 Å². The summed E-state index contributed by atoms with van der Waals surface area (Å²) in [6.07, 6.45) is 0.653. The maximum absolute atomic E-state index is 10.3. The van der Waals surface area contributed by atoms with Gasteiger partial charge in [0.1, 0.15) is 0 Å². The van der Waals surface area contributed by atoms with Crippen LogP contribution in [0.15, 0.2) is 24.3 Å². The van der Waals surface area contributed by atoms with Crippen LogP contribution in [0.5, 0.6) is 0 Å². The molecule has 1 aromatic carbocycles. The van der Waals surface area contributed by atoms with Crippen molar-refractivity contribution in [3.8, 4) is 0 Å². The number of fused-ring (bicyclic) bond motifs is 1. The number of aliphatic hydroxyl groups excluding tert-OH is 1. The van der Waals surface area contributed by atoms with E-state index < -0.39 is 0 Å². The highest BCUT2D eigenvalue weighted by molar-refractivity contribution is 5.35. The van der Waals surface area contributed by atoms with Gasteiger partial charge in [0.05, 0.1) is 6.10 Å². The first-order valence-electron chi connectivity index (χ1n) is 6.05. The third-order valence-corrected chi connectivity index (χ3v) is 3.39. The van der Waals surface area contributed by atoms with Gasteiger partial charge in [-0.3, -0.25) is 4.90 Å². The Kier molecular flexibility index (Phi) is 3.31. The van der Waals surface area contributed by atoms with Crippen LogP contribution in [0.2, 0.25) is 0 Å². The fourth-order valence-electron chi connectivity index (χ4n) is 2.66. The van der Waals surface area contributed by atoms with E-state index >= 15 is 0 Å². The number of benzene rings is 1. The van der Waals surface area contributed by atoms with Gasteiger partial charge in [-0.05, 0) is 30.5 Å². The zero-order chi connectivity index (χ0) is 11.7. The minimum atomic E-state index is -0.319. The van der Waals surface area contributed by atoms with E-state index in [2.05, 4.69) is 37.9 Å². The number of nitrogens with zero attached hydrogens (tertiary/aromatic N) is 1. The van der Waals surface area contributed by atoms with Gasteiger partial charge >= 0.3 is 0 Å². The summed E-state index contributed by atoms with van der Waals surface area (Å²) in [7, 11) is 2.11. The molecule has 1 aliphatic carbocycles. The Balaban J connectivity index is 2.12. The number of hydrogen-bond donors (Lipinski definition) is 1. The zero-order valence-electron chi connectivity index (χ0n) is 10.4. The SMILES string of the molecule is CC(C)CN(C)C1Cc2ccccc2C1O. The van der Waals surface area contributed by atoms with Crippen LogP contribution in [0.1, 0.15) is 31.1 Å². The summed E-state index contributed by atoms with van der Waals surface area (Å²) in [4.78, 5) is 2.29.